The molecule has 0 saturated carbocycles. The number of benzene rings is 2. The number of rotatable bonds is 3. The standard InChI is InChI=1S/C36H48N6O8.C33H44N6O6.C2H4O/c1-21(2)29-31(44)38-23(4)32(45)42-16-8-9-27(40-42)30(43)37-22(3)26-13-12-25-11-10-24(19-28(25)39-26)14-15-36(33(46)49-29)20-41(17-18-48-36)34(47)50-35(5,6)7;1-6-38-16-17-44-33(19-38)14-13-23-9-10-24-11-12-25(36-27(24)18-23)21(4)34-29(40)26-8-7-15-39(37-26)31(42)22(5)35-30(41)28(20(2)3)45-32(33)43;1-2-3/h10-15,19,21-23,27,29,40H,8-9,16-18,20H2,1-7H3,(H,37,43)(H,38,44);9-14,18,20-22,26,28,37H,6-8,15-17,19H2,1-5H3,(H,34,40)(H,35,41);2H,1H3/b15-14+;14-13+;/t22-,23+,27+,29+,36?;21-,22+,26+,28+,33?;/m11./s1. The summed E-state index contributed by atoms with van der Waals surface area (Å²) in [5, 5.41) is 16.0. The molecule has 98 heavy (non-hydrogen) atoms. The fourth-order valence-corrected chi connectivity index (χ4v) is 12.0. The Morgan fingerprint density at radius 2 is 1.01 bits per heavy atom. The monoisotopic (exact) mass is 1360 g/mol. The molecule has 2 aromatic heterocycles. The number of amides is 7. The van der Waals surface area contributed by atoms with Crippen molar-refractivity contribution < 1.29 is 71.6 Å². The highest BCUT2D eigenvalue weighted by molar-refractivity contribution is 5.95. The molecule has 6 aliphatic heterocycles. The zero-order valence-corrected chi connectivity index (χ0v) is 58.4. The molecule has 10 bridgehead atoms. The molecule has 7 amide bonds. The second-order valence-electron chi connectivity index (χ2n) is 27.2. The van der Waals surface area contributed by atoms with E-state index >= 15 is 0 Å². The van der Waals surface area contributed by atoms with Crippen LogP contribution in [0, 0.1) is 11.8 Å². The number of carbonyl (C=O) groups excluding carboxylic acids is 10. The van der Waals surface area contributed by atoms with E-state index in [1.807, 2.05) is 87.5 Å². The predicted octanol–water partition coefficient (Wildman–Crippen LogP) is 5.32. The summed E-state index contributed by atoms with van der Waals surface area (Å²) < 4.78 is 29.7. The summed E-state index contributed by atoms with van der Waals surface area (Å²) in [6, 6.07) is 15.0. The Morgan fingerprint density at radius 1 is 0.602 bits per heavy atom. The van der Waals surface area contributed by atoms with E-state index < -0.39 is 107 Å². The quantitative estimate of drug-likeness (QED) is 0.0859. The second-order valence-corrected chi connectivity index (χ2v) is 27.2. The number of aromatic nitrogens is 2. The van der Waals surface area contributed by atoms with Crippen molar-refractivity contribution in [1.82, 2.24) is 61.9 Å². The summed E-state index contributed by atoms with van der Waals surface area (Å²) in [6.07, 6.45) is 6.66. The fraction of sp³-hybridized carbons (Fsp3) is 0.549. The average Bonchev–Trinajstić information content (AvgIpc) is 0.869. The number of fused-ring (bicyclic) bond motifs is 8. The fourth-order valence-electron chi connectivity index (χ4n) is 12.0. The van der Waals surface area contributed by atoms with E-state index in [1.165, 1.54) is 34.8 Å². The number of nitrogens with one attached hydrogen (secondary N) is 6. The van der Waals surface area contributed by atoms with Gasteiger partial charge in [-0.15, -0.1) is 0 Å². The summed E-state index contributed by atoms with van der Waals surface area (Å²) in [5.74, 6) is -5.03. The minimum atomic E-state index is -1.79. The van der Waals surface area contributed by atoms with Crippen molar-refractivity contribution in [3.63, 3.8) is 0 Å². The van der Waals surface area contributed by atoms with E-state index in [2.05, 4.69) is 37.0 Å². The second kappa shape index (κ2) is 32.7. The molecule has 10 atom stereocenters. The predicted molar refractivity (Wildman–Crippen MR) is 364 cm³/mol. The van der Waals surface area contributed by atoms with Crippen LogP contribution in [-0.2, 0) is 66.8 Å². The minimum absolute atomic E-state index is 0.00116. The third-order valence-electron chi connectivity index (χ3n) is 17.5. The van der Waals surface area contributed by atoms with Crippen molar-refractivity contribution in [2.75, 3.05) is 59.0 Å². The number of likely N-dealkylation sites (N-methyl/N-ethyl adjacent to an activating group) is 1. The number of hydrazine groups is 2. The number of cyclic esters (lactones) is 2. The molecule has 2 aromatic carbocycles. The molecule has 4 saturated heterocycles. The number of pyridine rings is 2. The van der Waals surface area contributed by atoms with Crippen LogP contribution in [0.1, 0.15) is 150 Å². The van der Waals surface area contributed by atoms with Gasteiger partial charge < -0.3 is 54.6 Å². The van der Waals surface area contributed by atoms with Crippen molar-refractivity contribution in [3.8, 4) is 0 Å². The van der Waals surface area contributed by atoms with E-state index in [0.29, 0.717) is 80.9 Å². The van der Waals surface area contributed by atoms with E-state index in [9.17, 15) is 43.2 Å². The SMILES string of the molecule is CC(C)[C@@H]1OC(=O)C2(/C=C/c3ccc4ccc(nc4c3)[C@@H](C)NC(=O)[C@@H]3CCCN(N3)C(=O)[C@H](C)NC1=O)CN(C(=O)OC(C)(C)C)CCO2.CC=O.CCN1CCOC2(/C=C/c3ccc4ccc(nc4c3)[C@@H](C)NC(=O)[C@@H]3CCCN(N3)C(=O)[C@H](C)NC(=O)[C@H](C(C)C)OC2=O)C1. The van der Waals surface area contributed by atoms with Crippen LogP contribution < -0.4 is 32.1 Å². The molecule has 530 valence electrons. The van der Waals surface area contributed by atoms with Gasteiger partial charge in [0.15, 0.2) is 17.8 Å². The normalized spacial score (nSPS) is 28.1. The lowest BCUT2D eigenvalue weighted by Gasteiger charge is -2.40. The Hall–Kier alpha value is -8.76. The Balaban J connectivity index is 0.000000242. The van der Waals surface area contributed by atoms with Crippen LogP contribution >= 0.6 is 0 Å². The van der Waals surface area contributed by atoms with Gasteiger partial charge in [-0.25, -0.2) is 25.2 Å². The highest BCUT2D eigenvalue weighted by atomic mass is 16.6. The number of morpholine rings is 2. The van der Waals surface area contributed by atoms with Gasteiger partial charge in [0.1, 0.15) is 36.1 Å². The van der Waals surface area contributed by atoms with Crippen LogP contribution in [0.3, 0.4) is 0 Å². The molecule has 4 fully saturated rings. The van der Waals surface area contributed by atoms with E-state index in [1.54, 1.807) is 67.5 Å². The summed E-state index contributed by atoms with van der Waals surface area (Å²) >= 11 is 0. The lowest BCUT2D eigenvalue weighted by atomic mass is 9.98. The molecule has 8 heterocycles. The molecule has 0 radical (unpaired) electrons. The average molecular weight is 1360 g/mol. The van der Waals surface area contributed by atoms with E-state index in [0.717, 1.165) is 28.1 Å². The van der Waals surface area contributed by atoms with Crippen molar-refractivity contribution in [1.29, 1.82) is 0 Å². The Kier molecular flexibility index (Phi) is 25.1. The smallest absolute Gasteiger partial charge is 0.410 e. The molecule has 2 unspecified atom stereocenters. The first kappa shape index (κ1) is 75.0. The first-order chi connectivity index (χ1) is 46.5. The largest absolute Gasteiger partial charge is 0.450 e. The summed E-state index contributed by atoms with van der Waals surface area (Å²) in [6.45, 7) is 25.1. The maximum absolute atomic E-state index is 14.2. The molecule has 27 nitrogen and oxygen atoms in total. The first-order valence-electron chi connectivity index (χ1n) is 33.8. The van der Waals surface area contributed by atoms with E-state index in [4.69, 9.17) is 38.4 Å². The molecule has 6 aliphatic rings. The van der Waals surface area contributed by atoms with Gasteiger partial charge in [-0.3, -0.25) is 53.7 Å². The van der Waals surface area contributed by atoms with Crippen molar-refractivity contribution in [2.24, 2.45) is 11.8 Å². The molecular formula is C71H96N12O15. The topological polar surface area (TPSA) is 328 Å². The highest BCUT2D eigenvalue weighted by Crippen LogP contribution is 2.30. The molecule has 2 spiro atoms. The zero-order valence-electron chi connectivity index (χ0n) is 58.4. The Morgan fingerprint density at radius 3 is 1.43 bits per heavy atom. The maximum atomic E-state index is 14.2. The number of carbonyl (C=O) groups is 10. The van der Waals surface area contributed by atoms with Crippen LogP contribution in [0.5, 0.6) is 0 Å². The summed E-state index contributed by atoms with van der Waals surface area (Å²) in [4.78, 5) is 144. The number of ether oxygens (including phenoxy) is 5. The third kappa shape index (κ3) is 18.7. The van der Waals surface area contributed by atoms with Gasteiger partial charge in [0.25, 0.3) is 23.6 Å². The third-order valence-corrected chi connectivity index (χ3v) is 17.5. The highest BCUT2D eigenvalue weighted by Gasteiger charge is 2.49. The summed E-state index contributed by atoms with van der Waals surface area (Å²) in [5.41, 5.74) is 6.25. The molecule has 0 aliphatic carbocycles. The zero-order chi connectivity index (χ0) is 71.4. The van der Waals surface area contributed by atoms with Gasteiger partial charge in [0, 0.05) is 43.5 Å². The molecule has 6 N–H and O–H groups in total. The van der Waals surface area contributed by atoms with Crippen molar-refractivity contribution in [2.45, 2.75) is 181 Å². The van der Waals surface area contributed by atoms with Crippen LogP contribution in [0.2, 0.25) is 0 Å². The lowest BCUT2D eigenvalue weighted by molar-refractivity contribution is -0.184. The molecule has 10 rings (SSSR count). The minimum Gasteiger partial charge on any atom is -0.450 e. The van der Waals surface area contributed by atoms with Gasteiger partial charge in [-0.05, 0) is 147 Å². The maximum Gasteiger partial charge on any atom is 0.410 e. The van der Waals surface area contributed by atoms with Gasteiger partial charge >= 0.3 is 18.0 Å². The van der Waals surface area contributed by atoms with Gasteiger partial charge in [0.05, 0.1) is 54.3 Å². The van der Waals surface area contributed by atoms with Crippen molar-refractivity contribution >= 4 is 93.7 Å². The Bertz CT molecular complexity index is 3670. The van der Waals surface area contributed by atoms with Crippen LogP contribution in [0.4, 0.5) is 4.79 Å². The number of aldehydes is 1. The number of nitrogens with zero attached hydrogens (tertiary/aromatic N) is 6. The summed E-state index contributed by atoms with van der Waals surface area (Å²) in [7, 11) is 0. The number of hydrogen-bond donors (Lipinski definition) is 6. The lowest BCUT2D eigenvalue weighted by Crippen LogP contribution is -2.61. The van der Waals surface area contributed by atoms with Gasteiger partial charge in [-0.1, -0.05) is 83.2 Å². The van der Waals surface area contributed by atoms with Gasteiger partial charge in [-0.2, -0.15) is 0 Å². The number of esters is 2. The van der Waals surface area contributed by atoms with Crippen LogP contribution in [0.25, 0.3) is 34.0 Å². The van der Waals surface area contributed by atoms with Crippen LogP contribution in [-0.4, -0.2) is 202 Å². The first-order valence-corrected chi connectivity index (χ1v) is 33.8. The molecule has 27 heteroatoms. The molecular weight excluding hydrogens is 1260 g/mol. The Labute approximate surface area is 572 Å². The van der Waals surface area contributed by atoms with E-state index in [-0.39, 0.29) is 50.0 Å². The van der Waals surface area contributed by atoms with Crippen molar-refractivity contribution in [3.05, 3.63) is 95.3 Å². The molecule has 4 aromatic rings. The van der Waals surface area contributed by atoms with Crippen LogP contribution in [0.15, 0.2) is 72.8 Å². The number of hydrogen-bond acceptors (Lipinski definition) is 20. The van der Waals surface area contributed by atoms with Gasteiger partial charge in [0.2, 0.25) is 17.4 Å².